The Morgan fingerprint density at radius 3 is 2.38 bits per heavy atom. The Kier molecular flexibility index (Phi) is 6.19. The highest BCUT2D eigenvalue weighted by Crippen LogP contribution is 2.28. The first kappa shape index (κ1) is 20.4. The third-order valence-electron chi connectivity index (χ3n) is 4.32. The number of carbonyl (C=O) groups is 2. The van der Waals surface area contributed by atoms with Crippen molar-refractivity contribution >= 4 is 34.4 Å². The molecule has 0 spiro atoms. The number of ether oxygens (including phenoxy) is 3. The van der Waals surface area contributed by atoms with E-state index in [0.717, 1.165) is 0 Å². The first-order chi connectivity index (χ1) is 14.0. The lowest BCUT2D eigenvalue weighted by Gasteiger charge is -2.12. The molecule has 1 heterocycles. The van der Waals surface area contributed by atoms with Crippen LogP contribution in [0.25, 0.3) is 10.9 Å². The number of hydrogen-bond donors (Lipinski definition) is 1. The Labute approximate surface area is 172 Å². The molecule has 0 aliphatic heterocycles. The maximum absolute atomic E-state index is 12.5. The summed E-state index contributed by atoms with van der Waals surface area (Å²) < 4.78 is 15.1. The second-order valence-electron chi connectivity index (χ2n) is 6.08. The molecule has 0 aliphatic carbocycles. The van der Waals surface area contributed by atoms with E-state index < -0.39 is 5.97 Å². The van der Waals surface area contributed by atoms with Crippen LogP contribution in [0.4, 0.5) is 0 Å². The zero-order chi connectivity index (χ0) is 21.0. The highest BCUT2D eigenvalue weighted by molar-refractivity contribution is 6.31. The molecule has 29 heavy (non-hydrogen) atoms. The number of nitrogens with zero attached hydrogens (tertiary/aromatic N) is 1. The lowest BCUT2D eigenvalue weighted by atomic mass is 10.1. The molecule has 0 saturated heterocycles. The van der Waals surface area contributed by atoms with Crippen LogP contribution in [0.3, 0.4) is 0 Å². The third kappa shape index (κ3) is 4.41. The van der Waals surface area contributed by atoms with Gasteiger partial charge in [-0.15, -0.1) is 0 Å². The van der Waals surface area contributed by atoms with Gasteiger partial charge in [-0.2, -0.15) is 0 Å². The highest BCUT2D eigenvalue weighted by Gasteiger charge is 2.18. The van der Waals surface area contributed by atoms with Crippen LogP contribution in [0.1, 0.15) is 26.3 Å². The van der Waals surface area contributed by atoms with Crippen LogP contribution in [0, 0.1) is 0 Å². The summed E-state index contributed by atoms with van der Waals surface area (Å²) in [5, 5.41) is 3.93. The highest BCUT2D eigenvalue weighted by atomic mass is 35.5. The summed E-state index contributed by atoms with van der Waals surface area (Å²) in [6.07, 6.45) is 0. The predicted molar refractivity (Wildman–Crippen MR) is 109 cm³/mol. The van der Waals surface area contributed by atoms with E-state index >= 15 is 0 Å². The number of nitrogens with one attached hydrogen (secondary N) is 1. The summed E-state index contributed by atoms with van der Waals surface area (Å²) in [5.41, 5.74) is 1.94. The van der Waals surface area contributed by atoms with Gasteiger partial charge in [0, 0.05) is 22.5 Å². The fourth-order valence-corrected chi connectivity index (χ4v) is 3.12. The fraction of sp³-hybridized carbons (Fsp3) is 0.190. The molecule has 0 unspecified atom stereocenters. The van der Waals surface area contributed by atoms with Crippen molar-refractivity contribution in [1.82, 2.24) is 10.3 Å². The zero-order valence-corrected chi connectivity index (χ0v) is 16.9. The molecule has 3 rings (SSSR count). The Morgan fingerprint density at radius 2 is 1.76 bits per heavy atom. The molecule has 8 heteroatoms. The maximum atomic E-state index is 12.5. The molecule has 2 aromatic carbocycles. The molecule has 3 aromatic rings. The average Bonchev–Trinajstić information content (AvgIpc) is 2.75. The second-order valence-corrected chi connectivity index (χ2v) is 6.52. The van der Waals surface area contributed by atoms with E-state index in [-0.39, 0.29) is 23.9 Å². The number of fused-ring (bicyclic) bond motifs is 1. The van der Waals surface area contributed by atoms with Crippen molar-refractivity contribution in [3.05, 3.63) is 64.2 Å². The topological polar surface area (TPSA) is 86.8 Å². The van der Waals surface area contributed by atoms with E-state index in [9.17, 15) is 9.59 Å². The molecule has 0 radical (unpaired) electrons. The number of rotatable bonds is 6. The number of carbonyl (C=O) groups excluding carboxylic acids is 2. The van der Waals surface area contributed by atoms with Crippen LogP contribution in [0.2, 0.25) is 5.02 Å². The lowest BCUT2D eigenvalue weighted by Crippen LogP contribution is -2.23. The van der Waals surface area contributed by atoms with Crippen LogP contribution >= 0.6 is 11.6 Å². The van der Waals surface area contributed by atoms with E-state index in [4.69, 9.17) is 25.8 Å². The number of benzene rings is 2. The predicted octanol–water partition coefficient (Wildman–Crippen LogP) is 3.62. The number of halogens is 1. The first-order valence-electron chi connectivity index (χ1n) is 8.64. The van der Waals surface area contributed by atoms with Gasteiger partial charge in [-0.1, -0.05) is 11.6 Å². The summed E-state index contributed by atoms with van der Waals surface area (Å²) in [6.45, 7) is 0.190. The van der Waals surface area contributed by atoms with Gasteiger partial charge in [-0.05, 0) is 48.0 Å². The van der Waals surface area contributed by atoms with Crippen molar-refractivity contribution < 1.29 is 23.8 Å². The van der Waals surface area contributed by atoms with Crippen LogP contribution in [-0.4, -0.2) is 38.2 Å². The van der Waals surface area contributed by atoms with Crippen molar-refractivity contribution in [2.24, 2.45) is 0 Å². The fourth-order valence-electron chi connectivity index (χ4n) is 2.87. The van der Waals surface area contributed by atoms with Gasteiger partial charge in [0.25, 0.3) is 5.91 Å². The molecule has 0 atom stereocenters. The molecule has 0 saturated carbocycles. The van der Waals surface area contributed by atoms with Gasteiger partial charge in [-0.25, -0.2) is 9.78 Å². The van der Waals surface area contributed by atoms with E-state index in [0.29, 0.717) is 32.8 Å². The Balaban J connectivity index is 1.91. The molecule has 0 bridgehead atoms. The smallest absolute Gasteiger partial charge is 0.343 e. The number of aromatic nitrogens is 1. The van der Waals surface area contributed by atoms with Gasteiger partial charge in [0.15, 0.2) is 0 Å². The molecular formula is C21H19ClN2O5. The minimum Gasteiger partial charge on any atom is -0.497 e. The van der Waals surface area contributed by atoms with Gasteiger partial charge in [0.05, 0.1) is 26.8 Å². The van der Waals surface area contributed by atoms with Crippen molar-refractivity contribution in [3.63, 3.8) is 0 Å². The van der Waals surface area contributed by atoms with Crippen molar-refractivity contribution in [2.75, 3.05) is 21.3 Å². The third-order valence-corrected chi connectivity index (χ3v) is 4.54. The number of esters is 1. The summed E-state index contributed by atoms with van der Waals surface area (Å²) in [5.74, 6) is -0.0148. The summed E-state index contributed by atoms with van der Waals surface area (Å²) in [6, 6.07) is 11.8. The minimum absolute atomic E-state index is 0.134. The summed E-state index contributed by atoms with van der Waals surface area (Å²) in [7, 11) is 4.26. The van der Waals surface area contributed by atoms with Gasteiger partial charge in [0.1, 0.15) is 11.3 Å². The molecule has 1 aromatic heterocycles. The van der Waals surface area contributed by atoms with Crippen LogP contribution in [0.15, 0.2) is 42.5 Å². The van der Waals surface area contributed by atoms with Gasteiger partial charge < -0.3 is 19.5 Å². The lowest BCUT2D eigenvalue weighted by molar-refractivity contribution is 0.0596. The molecular weight excluding hydrogens is 396 g/mol. The standard InChI is InChI=1S/C21H19ClN2O5/c1-27-16-6-4-12(5-7-16)19(25)23-11-14-9-15(22)8-13-10-17(21(26)29-3)20(28-2)24-18(13)14/h4-10H,11H2,1-3H3,(H,23,25). The van der Waals surface area contributed by atoms with Gasteiger partial charge >= 0.3 is 5.97 Å². The van der Waals surface area contributed by atoms with E-state index in [1.165, 1.54) is 14.2 Å². The quantitative estimate of drug-likeness (QED) is 0.620. The molecule has 0 fully saturated rings. The number of amides is 1. The van der Waals surface area contributed by atoms with Crippen LogP contribution in [-0.2, 0) is 11.3 Å². The van der Waals surface area contributed by atoms with Crippen molar-refractivity contribution in [1.29, 1.82) is 0 Å². The van der Waals surface area contributed by atoms with Crippen LogP contribution < -0.4 is 14.8 Å². The number of pyridine rings is 1. The Morgan fingerprint density at radius 1 is 1.03 bits per heavy atom. The largest absolute Gasteiger partial charge is 0.497 e. The number of methoxy groups -OCH3 is 3. The minimum atomic E-state index is -0.564. The molecule has 0 aliphatic rings. The monoisotopic (exact) mass is 414 g/mol. The molecule has 150 valence electrons. The van der Waals surface area contributed by atoms with Crippen molar-refractivity contribution in [3.8, 4) is 11.6 Å². The van der Waals surface area contributed by atoms with Crippen molar-refractivity contribution in [2.45, 2.75) is 6.54 Å². The van der Waals surface area contributed by atoms with Gasteiger partial charge in [-0.3, -0.25) is 4.79 Å². The summed E-state index contributed by atoms with van der Waals surface area (Å²) in [4.78, 5) is 28.9. The average molecular weight is 415 g/mol. The zero-order valence-electron chi connectivity index (χ0n) is 16.1. The van der Waals surface area contributed by atoms with Gasteiger partial charge in [0.2, 0.25) is 5.88 Å². The normalized spacial score (nSPS) is 10.5. The Hall–Kier alpha value is -3.32. The molecule has 1 N–H and O–H groups in total. The number of hydrogen-bond acceptors (Lipinski definition) is 6. The Bertz CT molecular complexity index is 1070. The van der Waals surface area contributed by atoms with E-state index in [1.807, 2.05) is 0 Å². The molecule has 7 nitrogen and oxygen atoms in total. The summed E-state index contributed by atoms with van der Waals surface area (Å²) >= 11 is 6.23. The van der Waals surface area contributed by atoms with Crippen LogP contribution in [0.5, 0.6) is 11.6 Å². The first-order valence-corrected chi connectivity index (χ1v) is 9.02. The second kappa shape index (κ2) is 8.79. The van der Waals surface area contributed by atoms with E-state index in [1.54, 1.807) is 49.6 Å². The SMILES string of the molecule is COC(=O)c1cc2cc(Cl)cc(CNC(=O)c3ccc(OC)cc3)c2nc1OC. The van der Waals surface area contributed by atoms with E-state index in [2.05, 4.69) is 10.3 Å². The maximum Gasteiger partial charge on any atom is 0.343 e. The molecule has 1 amide bonds.